The number of methoxy groups -OCH3 is 2. The van der Waals surface area contributed by atoms with E-state index in [1.54, 1.807) is 14.2 Å². The van der Waals surface area contributed by atoms with E-state index in [4.69, 9.17) is 14.2 Å². The zero-order valence-electron chi connectivity index (χ0n) is 12.7. The average Bonchev–Trinajstić information content (AvgIpc) is 2.62. The van der Waals surface area contributed by atoms with Gasteiger partial charge >= 0.3 is 0 Å². The minimum Gasteiger partial charge on any atom is -0.456 e. The van der Waals surface area contributed by atoms with Crippen molar-refractivity contribution in [3.05, 3.63) is 83.9 Å². The molecule has 2 aromatic rings. The van der Waals surface area contributed by atoms with Gasteiger partial charge in [-0.05, 0) is 0 Å². The fourth-order valence-corrected chi connectivity index (χ4v) is 2.39. The monoisotopic (exact) mass is 294 g/mol. The lowest BCUT2D eigenvalue weighted by molar-refractivity contribution is -0.135. The summed E-state index contributed by atoms with van der Waals surface area (Å²) in [7, 11) is 3.24. The molecule has 1 heterocycles. The maximum Gasteiger partial charge on any atom is 0.215 e. The molecule has 0 atom stereocenters. The SMILES string of the molecule is COC1(OC)C=C(c2ccccc2)OC(c2ccccc2)=C1. The van der Waals surface area contributed by atoms with Gasteiger partial charge in [0.2, 0.25) is 5.79 Å². The summed E-state index contributed by atoms with van der Waals surface area (Å²) in [6, 6.07) is 19.8. The van der Waals surface area contributed by atoms with Crippen LogP contribution in [0.15, 0.2) is 72.8 Å². The first-order chi connectivity index (χ1) is 10.8. The third kappa shape index (κ3) is 2.82. The smallest absolute Gasteiger partial charge is 0.215 e. The molecule has 0 saturated heterocycles. The summed E-state index contributed by atoms with van der Waals surface area (Å²) in [5.41, 5.74) is 1.95. The minimum absolute atomic E-state index is 0.714. The lowest BCUT2D eigenvalue weighted by Crippen LogP contribution is -2.31. The first kappa shape index (κ1) is 14.6. The highest BCUT2D eigenvalue weighted by Gasteiger charge is 2.32. The van der Waals surface area contributed by atoms with E-state index in [0.717, 1.165) is 11.1 Å². The van der Waals surface area contributed by atoms with Crippen LogP contribution in [0.1, 0.15) is 11.1 Å². The largest absolute Gasteiger partial charge is 0.456 e. The van der Waals surface area contributed by atoms with E-state index in [1.165, 1.54) is 0 Å². The lowest BCUT2D eigenvalue weighted by atomic mass is 10.0. The summed E-state index contributed by atoms with van der Waals surface area (Å²) in [5.74, 6) is 0.491. The van der Waals surface area contributed by atoms with Crippen molar-refractivity contribution in [1.82, 2.24) is 0 Å². The van der Waals surface area contributed by atoms with Gasteiger partial charge < -0.3 is 14.2 Å². The van der Waals surface area contributed by atoms with Gasteiger partial charge in [-0.25, -0.2) is 0 Å². The highest BCUT2D eigenvalue weighted by Crippen LogP contribution is 2.35. The summed E-state index contributed by atoms with van der Waals surface area (Å²) in [4.78, 5) is 0. The second kappa shape index (κ2) is 6.18. The number of rotatable bonds is 4. The van der Waals surface area contributed by atoms with E-state index in [-0.39, 0.29) is 0 Å². The van der Waals surface area contributed by atoms with Crippen molar-refractivity contribution in [2.24, 2.45) is 0 Å². The standard InChI is InChI=1S/C19H18O3/c1-20-19(21-2)13-17(15-9-5-3-6-10-15)22-18(14-19)16-11-7-4-8-12-16/h3-14H,1-2H3. The molecule has 0 N–H and O–H groups in total. The Morgan fingerprint density at radius 3 is 1.45 bits per heavy atom. The highest BCUT2D eigenvalue weighted by atomic mass is 16.7. The molecule has 3 nitrogen and oxygen atoms in total. The predicted octanol–water partition coefficient (Wildman–Crippen LogP) is 4.09. The molecule has 0 aromatic heterocycles. The van der Waals surface area contributed by atoms with Crippen LogP contribution < -0.4 is 0 Å². The zero-order valence-corrected chi connectivity index (χ0v) is 12.7. The minimum atomic E-state index is -0.936. The van der Waals surface area contributed by atoms with Crippen LogP contribution in [0.3, 0.4) is 0 Å². The van der Waals surface area contributed by atoms with Crippen LogP contribution in [-0.2, 0) is 14.2 Å². The van der Waals surface area contributed by atoms with E-state index in [9.17, 15) is 0 Å². The highest BCUT2D eigenvalue weighted by molar-refractivity contribution is 5.74. The molecular weight excluding hydrogens is 276 g/mol. The fourth-order valence-electron chi connectivity index (χ4n) is 2.39. The Labute approximate surface area is 130 Å². The van der Waals surface area contributed by atoms with Crippen molar-refractivity contribution < 1.29 is 14.2 Å². The Balaban J connectivity index is 2.05. The molecule has 1 aliphatic heterocycles. The van der Waals surface area contributed by atoms with Crippen LogP contribution in [0.25, 0.3) is 11.5 Å². The van der Waals surface area contributed by atoms with Gasteiger partial charge in [0.15, 0.2) is 0 Å². The number of hydrogen-bond donors (Lipinski definition) is 0. The first-order valence-electron chi connectivity index (χ1n) is 7.11. The molecule has 22 heavy (non-hydrogen) atoms. The fraction of sp³-hybridized carbons (Fsp3) is 0.158. The summed E-state index contributed by atoms with van der Waals surface area (Å²) in [5, 5.41) is 0. The molecule has 3 heteroatoms. The van der Waals surface area contributed by atoms with E-state index in [0.29, 0.717) is 11.5 Å². The van der Waals surface area contributed by atoms with E-state index in [2.05, 4.69) is 0 Å². The van der Waals surface area contributed by atoms with E-state index in [1.807, 2.05) is 72.8 Å². The molecule has 0 bridgehead atoms. The Morgan fingerprint density at radius 1 is 0.682 bits per heavy atom. The van der Waals surface area contributed by atoms with Crippen LogP contribution in [0.4, 0.5) is 0 Å². The van der Waals surface area contributed by atoms with Crippen LogP contribution in [0.2, 0.25) is 0 Å². The molecule has 0 radical (unpaired) electrons. The molecule has 0 fully saturated rings. The Bertz CT molecular complexity index is 626. The van der Waals surface area contributed by atoms with Gasteiger partial charge in [-0.1, -0.05) is 60.7 Å². The first-order valence-corrected chi connectivity index (χ1v) is 7.11. The summed E-state index contributed by atoms with van der Waals surface area (Å²) in [6.45, 7) is 0. The van der Waals surface area contributed by atoms with Crippen molar-refractivity contribution in [1.29, 1.82) is 0 Å². The predicted molar refractivity (Wildman–Crippen MR) is 86.7 cm³/mol. The van der Waals surface area contributed by atoms with Gasteiger partial charge in [0, 0.05) is 37.5 Å². The Morgan fingerprint density at radius 2 is 1.09 bits per heavy atom. The van der Waals surface area contributed by atoms with Crippen molar-refractivity contribution in [3.8, 4) is 0 Å². The van der Waals surface area contributed by atoms with Crippen LogP contribution in [0.5, 0.6) is 0 Å². The van der Waals surface area contributed by atoms with Gasteiger partial charge in [-0.15, -0.1) is 0 Å². The molecule has 0 unspecified atom stereocenters. The summed E-state index contributed by atoms with van der Waals surface area (Å²) in [6.07, 6.45) is 3.68. The van der Waals surface area contributed by atoms with Crippen molar-refractivity contribution in [2.45, 2.75) is 5.79 Å². The van der Waals surface area contributed by atoms with Crippen LogP contribution in [-0.4, -0.2) is 20.0 Å². The van der Waals surface area contributed by atoms with Gasteiger partial charge in [-0.2, -0.15) is 0 Å². The number of benzene rings is 2. The van der Waals surface area contributed by atoms with Crippen LogP contribution >= 0.6 is 0 Å². The van der Waals surface area contributed by atoms with Gasteiger partial charge in [0.05, 0.1) is 0 Å². The number of ether oxygens (including phenoxy) is 3. The summed E-state index contributed by atoms with van der Waals surface area (Å²) >= 11 is 0. The molecule has 0 spiro atoms. The lowest BCUT2D eigenvalue weighted by Gasteiger charge is -2.30. The quantitative estimate of drug-likeness (QED) is 0.795. The average molecular weight is 294 g/mol. The Hall–Kier alpha value is -2.36. The Kier molecular flexibility index (Phi) is 4.09. The number of hydrogen-bond acceptors (Lipinski definition) is 3. The molecule has 3 rings (SSSR count). The van der Waals surface area contributed by atoms with Crippen molar-refractivity contribution >= 4 is 11.5 Å². The van der Waals surface area contributed by atoms with E-state index < -0.39 is 5.79 Å². The van der Waals surface area contributed by atoms with Crippen molar-refractivity contribution in [3.63, 3.8) is 0 Å². The zero-order chi connectivity index (χ0) is 15.4. The second-order valence-electron chi connectivity index (χ2n) is 4.98. The molecule has 1 aliphatic rings. The van der Waals surface area contributed by atoms with Gasteiger partial charge in [0.1, 0.15) is 11.5 Å². The maximum absolute atomic E-state index is 6.08. The molecule has 0 saturated carbocycles. The molecule has 0 aliphatic carbocycles. The maximum atomic E-state index is 6.08. The third-order valence-electron chi connectivity index (χ3n) is 3.64. The second-order valence-corrected chi connectivity index (χ2v) is 4.98. The molecule has 0 amide bonds. The molecule has 112 valence electrons. The third-order valence-corrected chi connectivity index (χ3v) is 3.64. The van der Waals surface area contributed by atoms with E-state index >= 15 is 0 Å². The van der Waals surface area contributed by atoms with Gasteiger partial charge in [0.25, 0.3) is 0 Å². The van der Waals surface area contributed by atoms with Gasteiger partial charge in [-0.3, -0.25) is 0 Å². The normalized spacial score (nSPS) is 16.5. The topological polar surface area (TPSA) is 27.7 Å². The van der Waals surface area contributed by atoms with Crippen molar-refractivity contribution in [2.75, 3.05) is 14.2 Å². The molecular formula is C19H18O3. The van der Waals surface area contributed by atoms with Crippen LogP contribution in [0, 0.1) is 0 Å². The summed E-state index contributed by atoms with van der Waals surface area (Å²) < 4.78 is 17.2. The molecule has 2 aromatic carbocycles.